The molecular weight excluding hydrogens is 475 g/mol. The molecule has 0 aromatic heterocycles. The summed E-state index contributed by atoms with van der Waals surface area (Å²) in [4.78, 5) is 40.1. The Morgan fingerprint density at radius 2 is 1.22 bits per heavy atom. The molecular formula is C28H21N2O5P. The van der Waals surface area contributed by atoms with E-state index >= 15 is 0 Å². The number of nitro groups is 1. The van der Waals surface area contributed by atoms with Crippen LogP contribution in [0.4, 0.5) is 5.69 Å². The van der Waals surface area contributed by atoms with Crippen LogP contribution >= 0.6 is 7.92 Å². The number of nitro benzene ring substituents is 1. The molecule has 36 heavy (non-hydrogen) atoms. The predicted molar refractivity (Wildman–Crippen MR) is 141 cm³/mol. The number of ketones is 1. The van der Waals surface area contributed by atoms with Gasteiger partial charge in [-0.1, -0.05) is 90.1 Å². The van der Waals surface area contributed by atoms with Crippen molar-refractivity contribution in [3.8, 4) is 0 Å². The van der Waals surface area contributed by atoms with E-state index in [9.17, 15) is 19.7 Å². The molecule has 0 N–H and O–H groups in total. The van der Waals surface area contributed by atoms with E-state index in [-0.39, 0.29) is 17.2 Å². The molecule has 0 saturated heterocycles. The van der Waals surface area contributed by atoms with Crippen LogP contribution in [0.15, 0.2) is 114 Å². The van der Waals surface area contributed by atoms with Crippen LogP contribution in [0.2, 0.25) is 0 Å². The largest absolute Gasteiger partial charge is 0.332 e. The van der Waals surface area contributed by atoms with Gasteiger partial charge in [0.1, 0.15) is 0 Å². The second-order valence-electron chi connectivity index (χ2n) is 7.71. The number of oxime groups is 1. The lowest BCUT2D eigenvalue weighted by Gasteiger charge is -2.19. The monoisotopic (exact) mass is 496 g/mol. The highest BCUT2D eigenvalue weighted by Gasteiger charge is 2.21. The molecule has 8 heteroatoms. The number of hydrogen-bond donors (Lipinski definition) is 0. The van der Waals surface area contributed by atoms with Crippen molar-refractivity contribution in [3.05, 3.63) is 130 Å². The fourth-order valence-corrected chi connectivity index (χ4v) is 5.84. The molecule has 0 aliphatic rings. The quantitative estimate of drug-likeness (QED) is 0.0893. The lowest BCUT2D eigenvalue weighted by Crippen LogP contribution is -2.22. The Bertz CT molecular complexity index is 1400. The Morgan fingerprint density at radius 1 is 0.722 bits per heavy atom. The van der Waals surface area contributed by atoms with Crippen LogP contribution in [-0.4, -0.2) is 22.4 Å². The van der Waals surface area contributed by atoms with Crippen LogP contribution in [0.5, 0.6) is 0 Å². The molecule has 0 bridgehead atoms. The third-order valence-electron chi connectivity index (χ3n) is 5.25. The summed E-state index contributed by atoms with van der Waals surface area (Å²) in [5.74, 6) is -1.00. The van der Waals surface area contributed by atoms with Crippen molar-refractivity contribution in [2.75, 3.05) is 0 Å². The van der Waals surface area contributed by atoms with Crippen LogP contribution in [0.25, 0.3) is 0 Å². The first-order chi connectivity index (χ1) is 17.4. The van der Waals surface area contributed by atoms with Gasteiger partial charge in [-0.15, -0.1) is 0 Å². The minimum absolute atomic E-state index is 0.0271. The van der Waals surface area contributed by atoms with E-state index < -0.39 is 18.8 Å². The zero-order valence-corrected chi connectivity index (χ0v) is 20.2. The third kappa shape index (κ3) is 5.77. The summed E-state index contributed by atoms with van der Waals surface area (Å²) in [5, 5.41) is 17.9. The standard InChI is InChI=1S/C28H21N2O5P/c1-20(31)35-29-27(21-8-4-2-5-9-21)28(32)22-12-16-25(17-13-22)36(24-10-6-3-7-11-24)26-18-14-23(15-19-26)30(33)34/h2-19H,1H3. The summed E-state index contributed by atoms with van der Waals surface area (Å²) < 4.78 is 0. The summed E-state index contributed by atoms with van der Waals surface area (Å²) in [7, 11) is -1.02. The van der Waals surface area contributed by atoms with Crippen LogP contribution in [-0.2, 0) is 9.63 Å². The summed E-state index contributed by atoms with van der Waals surface area (Å²) in [6.45, 7) is 1.22. The Labute approximate surface area is 209 Å². The molecule has 0 fully saturated rings. The number of nitrogens with zero attached hydrogens (tertiary/aromatic N) is 2. The Balaban J connectivity index is 1.70. The van der Waals surface area contributed by atoms with Gasteiger partial charge in [-0.05, 0) is 36.0 Å². The van der Waals surface area contributed by atoms with Gasteiger partial charge in [0.15, 0.2) is 5.71 Å². The van der Waals surface area contributed by atoms with Gasteiger partial charge in [-0.3, -0.25) is 14.9 Å². The molecule has 0 aliphatic carbocycles. The molecule has 178 valence electrons. The molecule has 0 amide bonds. The van der Waals surface area contributed by atoms with Gasteiger partial charge in [0.25, 0.3) is 5.69 Å². The Kier molecular flexibility index (Phi) is 7.73. The SMILES string of the molecule is CC(=O)ON=C(C(=O)c1ccc(P(c2ccccc2)c2ccc([N+](=O)[O-])cc2)cc1)c1ccccc1. The topological polar surface area (TPSA) is 98.9 Å². The normalized spacial score (nSPS) is 12.0. The third-order valence-corrected chi connectivity index (χ3v) is 7.69. The fraction of sp³-hybridized carbons (Fsp3) is 0.0357. The lowest BCUT2D eigenvalue weighted by molar-refractivity contribution is -0.384. The number of non-ortho nitro benzene ring substituents is 1. The summed E-state index contributed by atoms with van der Waals surface area (Å²) in [5.41, 5.74) is 0.980. The second-order valence-corrected chi connectivity index (χ2v) is 9.93. The van der Waals surface area contributed by atoms with Gasteiger partial charge in [0, 0.05) is 30.2 Å². The van der Waals surface area contributed by atoms with E-state index in [0.29, 0.717) is 11.1 Å². The number of Topliss-reactive ketones (excluding diaryl/α,β-unsaturated/α-hetero) is 1. The van der Waals surface area contributed by atoms with Gasteiger partial charge in [0.2, 0.25) is 5.78 Å². The van der Waals surface area contributed by atoms with Gasteiger partial charge in [-0.25, -0.2) is 4.79 Å². The molecule has 0 aliphatic heterocycles. The number of carbonyl (C=O) groups is 2. The van der Waals surface area contributed by atoms with Crippen LogP contribution in [0.3, 0.4) is 0 Å². The maximum atomic E-state index is 13.3. The van der Waals surface area contributed by atoms with E-state index in [4.69, 9.17) is 4.84 Å². The fourth-order valence-electron chi connectivity index (χ4n) is 3.58. The summed E-state index contributed by atoms with van der Waals surface area (Å²) >= 11 is 0. The predicted octanol–water partition coefficient (Wildman–Crippen LogP) is 4.50. The highest BCUT2D eigenvalue weighted by Crippen LogP contribution is 2.33. The molecule has 0 heterocycles. The van der Waals surface area contributed by atoms with Gasteiger partial charge >= 0.3 is 5.97 Å². The van der Waals surface area contributed by atoms with E-state index in [1.54, 1.807) is 48.5 Å². The molecule has 7 nitrogen and oxygen atoms in total. The number of rotatable bonds is 8. The first-order valence-corrected chi connectivity index (χ1v) is 12.3. The van der Waals surface area contributed by atoms with Crippen molar-refractivity contribution < 1.29 is 19.3 Å². The van der Waals surface area contributed by atoms with Gasteiger partial charge in [-0.2, -0.15) is 0 Å². The first-order valence-electron chi connectivity index (χ1n) is 11.0. The summed E-state index contributed by atoms with van der Waals surface area (Å²) in [6, 6.07) is 32.4. The van der Waals surface area contributed by atoms with Crippen molar-refractivity contribution in [2.24, 2.45) is 5.16 Å². The highest BCUT2D eigenvalue weighted by atomic mass is 31.1. The Morgan fingerprint density at radius 3 is 1.75 bits per heavy atom. The number of benzene rings is 4. The second kappa shape index (κ2) is 11.3. The molecule has 1 unspecified atom stereocenters. The zero-order valence-electron chi connectivity index (χ0n) is 19.3. The van der Waals surface area contributed by atoms with E-state index in [2.05, 4.69) is 5.16 Å². The van der Waals surface area contributed by atoms with Gasteiger partial charge in [0.05, 0.1) is 4.92 Å². The van der Waals surface area contributed by atoms with E-state index in [0.717, 1.165) is 15.9 Å². The molecule has 4 aromatic rings. The maximum Gasteiger partial charge on any atom is 0.332 e. The molecule has 4 rings (SSSR count). The molecule has 0 radical (unpaired) electrons. The van der Waals surface area contributed by atoms with Gasteiger partial charge < -0.3 is 4.84 Å². The van der Waals surface area contributed by atoms with Crippen molar-refractivity contribution in [1.82, 2.24) is 0 Å². The van der Waals surface area contributed by atoms with Crippen molar-refractivity contribution >= 4 is 47.0 Å². The van der Waals surface area contributed by atoms with Crippen molar-refractivity contribution in [2.45, 2.75) is 6.92 Å². The van der Waals surface area contributed by atoms with E-state index in [1.165, 1.54) is 19.1 Å². The molecule has 1 atom stereocenters. The smallest absolute Gasteiger partial charge is 0.318 e. The molecule has 0 spiro atoms. The number of hydrogen-bond acceptors (Lipinski definition) is 6. The van der Waals surface area contributed by atoms with Crippen LogP contribution in [0.1, 0.15) is 22.8 Å². The van der Waals surface area contributed by atoms with Crippen molar-refractivity contribution in [3.63, 3.8) is 0 Å². The molecule has 4 aromatic carbocycles. The average molecular weight is 496 g/mol. The van der Waals surface area contributed by atoms with Crippen LogP contribution < -0.4 is 15.9 Å². The maximum absolute atomic E-state index is 13.3. The Hall–Kier alpha value is -4.48. The van der Waals surface area contributed by atoms with Crippen molar-refractivity contribution in [1.29, 1.82) is 0 Å². The number of carbonyl (C=O) groups excluding carboxylic acids is 2. The average Bonchev–Trinajstić information content (AvgIpc) is 2.90. The van der Waals surface area contributed by atoms with Crippen LogP contribution in [0, 0.1) is 10.1 Å². The zero-order chi connectivity index (χ0) is 25.5. The molecule has 0 saturated carbocycles. The minimum Gasteiger partial charge on any atom is -0.318 e. The highest BCUT2D eigenvalue weighted by molar-refractivity contribution is 7.79. The minimum atomic E-state index is -1.02. The first kappa shape index (κ1) is 24.6. The lowest BCUT2D eigenvalue weighted by atomic mass is 10.0. The summed E-state index contributed by atoms with van der Waals surface area (Å²) in [6.07, 6.45) is 0. The van der Waals surface area contributed by atoms with E-state index in [1.807, 2.05) is 48.5 Å².